The Morgan fingerprint density at radius 2 is 2.00 bits per heavy atom. The molecule has 0 aliphatic heterocycles. The van der Waals surface area contributed by atoms with Crippen molar-refractivity contribution >= 4 is 35.5 Å². The number of benzene rings is 2. The standard InChI is InChI=1S/C18H18ClN3O5/c1-11(17(23)24)27-15-7-6-12(8-16(15)26-2)10-20-22-18(25)21-14-5-3-4-13(19)9-14/h3-11H,1-2H3,(H,23,24)(H2,21,22,25)/b20-10+/t11-/m1/s1. The van der Waals surface area contributed by atoms with E-state index in [4.69, 9.17) is 26.2 Å². The number of amides is 2. The van der Waals surface area contributed by atoms with Gasteiger partial charge in [0.15, 0.2) is 17.6 Å². The molecule has 3 N–H and O–H groups in total. The Morgan fingerprint density at radius 3 is 2.67 bits per heavy atom. The van der Waals surface area contributed by atoms with Gasteiger partial charge in [-0.2, -0.15) is 5.10 Å². The number of hydrogen-bond acceptors (Lipinski definition) is 5. The highest BCUT2D eigenvalue weighted by atomic mass is 35.5. The Labute approximate surface area is 160 Å². The molecule has 1 atom stereocenters. The van der Waals surface area contributed by atoms with Crippen molar-refractivity contribution in [2.45, 2.75) is 13.0 Å². The van der Waals surface area contributed by atoms with Gasteiger partial charge >= 0.3 is 12.0 Å². The van der Waals surface area contributed by atoms with Crippen LogP contribution in [0.4, 0.5) is 10.5 Å². The number of rotatable bonds is 7. The van der Waals surface area contributed by atoms with Gasteiger partial charge in [0, 0.05) is 10.7 Å². The molecule has 0 fully saturated rings. The number of ether oxygens (including phenoxy) is 2. The zero-order chi connectivity index (χ0) is 19.8. The van der Waals surface area contributed by atoms with Crippen LogP contribution in [-0.2, 0) is 4.79 Å². The minimum absolute atomic E-state index is 0.288. The summed E-state index contributed by atoms with van der Waals surface area (Å²) in [5.74, 6) is -0.454. The van der Waals surface area contributed by atoms with Crippen molar-refractivity contribution in [3.63, 3.8) is 0 Å². The van der Waals surface area contributed by atoms with Crippen molar-refractivity contribution in [1.82, 2.24) is 5.43 Å². The summed E-state index contributed by atoms with van der Waals surface area (Å²) in [6, 6.07) is 11.0. The van der Waals surface area contributed by atoms with Gasteiger partial charge in [-0.25, -0.2) is 15.0 Å². The van der Waals surface area contributed by atoms with E-state index in [0.29, 0.717) is 22.0 Å². The maximum absolute atomic E-state index is 11.8. The van der Waals surface area contributed by atoms with Crippen molar-refractivity contribution in [2.75, 3.05) is 12.4 Å². The molecule has 0 aromatic heterocycles. The molecule has 8 nitrogen and oxygen atoms in total. The lowest BCUT2D eigenvalue weighted by molar-refractivity contribution is -0.144. The summed E-state index contributed by atoms with van der Waals surface area (Å²) >= 11 is 5.85. The second kappa shape index (κ2) is 9.44. The predicted molar refractivity (Wildman–Crippen MR) is 102 cm³/mol. The zero-order valence-corrected chi connectivity index (χ0v) is 15.4. The number of urea groups is 1. The molecule has 9 heteroatoms. The first kappa shape index (κ1) is 20.1. The zero-order valence-electron chi connectivity index (χ0n) is 14.6. The van der Waals surface area contributed by atoms with E-state index in [1.165, 1.54) is 20.2 Å². The number of aliphatic carboxylic acids is 1. The first-order valence-corrected chi connectivity index (χ1v) is 8.20. The summed E-state index contributed by atoms with van der Waals surface area (Å²) in [6.07, 6.45) is 0.389. The van der Waals surface area contributed by atoms with E-state index in [1.807, 2.05) is 0 Å². The monoisotopic (exact) mass is 391 g/mol. The molecule has 0 heterocycles. The summed E-state index contributed by atoms with van der Waals surface area (Å²) in [4.78, 5) is 22.7. The van der Waals surface area contributed by atoms with Crippen LogP contribution >= 0.6 is 11.6 Å². The maximum atomic E-state index is 11.8. The van der Waals surface area contributed by atoms with E-state index >= 15 is 0 Å². The lowest BCUT2D eigenvalue weighted by atomic mass is 10.2. The number of carboxylic acids is 1. The average molecular weight is 392 g/mol. The van der Waals surface area contributed by atoms with Crippen LogP contribution in [0.5, 0.6) is 11.5 Å². The number of anilines is 1. The van der Waals surface area contributed by atoms with Crippen molar-refractivity contribution in [3.05, 3.63) is 53.1 Å². The van der Waals surface area contributed by atoms with Gasteiger partial charge < -0.3 is 19.9 Å². The van der Waals surface area contributed by atoms with Gasteiger partial charge in [0.2, 0.25) is 0 Å². The molecule has 0 radical (unpaired) electrons. The highest BCUT2D eigenvalue weighted by Gasteiger charge is 2.15. The molecule has 0 bridgehead atoms. The molecule has 2 aromatic rings. The number of hydrazone groups is 1. The van der Waals surface area contributed by atoms with E-state index in [2.05, 4.69) is 15.8 Å². The van der Waals surface area contributed by atoms with E-state index in [1.54, 1.807) is 42.5 Å². The number of halogens is 1. The minimum atomic E-state index is -1.09. The molecule has 0 saturated heterocycles. The fraction of sp³-hybridized carbons (Fsp3) is 0.167. The van der Waals surface area contributed by atoms with Crippen molar-refractivity contribution < 1.29 is 24.2 Å². The fourth-order valence-electron chi connectivity index (χ4n) is 1.99. The summed E-state index contributed by atoms with van der Waals surface area (Å²) in [5.41, 5.74) is 3.47. The Morgan fingerprint density at radius 1 is 1.22 bits per heavy atom. The minimum Gasteiger partial charge on any atom is -0.493 e. The molecular formula is C18H18ClN3O5. The molecule has 2 amide bonds. The Bertz CT molecular complexity index is 857. The molecule has 0 aliphatic rings. The fourth-order valence-corrected chi connectivity index (χ4v) is 2.18. The largest absolute Gasteiger partial charge is 0.493 e. The van der Waals surface area contributed by atoms with Gasteiger partial charge in [0.1, 0.15) is 0 Å². The summed E-state index contributed by atoms with van der Waals surface area (Å²) in [7, 11) is 1.44. The van der Waals surface area contributed by atoms with Crippen molar-refractivity contribution in [3.8, 4) is 11.5 Å². The predicted octanol–water partition coefficient (Wildman–Crippen LogP) is 3.36. The highest BCUT2D eigenvalue weighted by molar-refractivity contribution is 6.30. The van der Waals surface area contributed by atoms with Crippen LogP contribution in [0.25, 0.3) is 0 Å². The van der Waals surface area contributed by atoms with Gasteiger partial charge in [-0.05, 0) is 48.9 Å². The normalized spacial score (nSPS) is 11.7. The first-order chi connectivity index (χ1) is 12.9. The highest BCUT2D eigenvalue weighted by Crippen LogP contribution is 2.28. The summed E-state index contributed by atoms with van der Waals surface area (Å²) in [6.45, 7) is 1.42. The number of hydrogen-bond donors (Lipinski definition) is 3. The molecule has 0 aliphatic carbocycles. The quantitative estimate of drug-likeness (QED) is 0.495. The van der Waals surface area contributed by atoms with E-state index in [0.717, 1.165) is 0 Å². The molecular weight excluding hydrogens is 374 g/mol. The summed E-state index contributed by atoms with van der Waals surface area (Å²) < 4.78 is 10.5. The second-order valence-corrected chi connectivity index (χ2v) is 5.78. The average Bonchev–Trinajstić information content (AvgIpc) is 2.62. The third kappa shape index (κ3) is 6.19. The van der Waals surface area contributed by atoms with Gasteiger partial charge in [0.25, 0.3) is 0 Å². The molecule has 142 valence electrons. The van der Waals surface area contributed by atoms with Crippen LogP contribution in [0.15, 0.2) is 47.6 Å². The molecule has 2 rings (SSSR count). The first-order valence-electron chi connectivity index (χ1n) is 7.82. The molecule has 0 saturated carbocycles. The topological polar surface area (TPSA) is 109 Å². The Kier molecular flexibility index (Phi) is 7.01. The van der Waals surface area contributed by atoms with E-state index in [-0.39, 0.29) is 5.75 Å². The van der Waals surface area contributed by atoms with E-state index in [9.17, 15) is 9.59 Å². The Hall–Kier alpha value is -3.26. The second-order valence-electron chi connectivity index (χ2n) is 5.34. The third-order valence-corrected chi connectivity index (χ3v) is 3.54. The van der Waals surface area contributed by atoms with Gasteiger partial charge in [-0.15, -0.1) is 0 Å². The lowest BCUT2D eigenvalue weighted by Gasteiger charge is -2.14. The lowest BCUT2D eigenvalue weighted by Crippen LogP contribution is -2.24. The van der Waals surface area contributed by atoms with Crippen LogP contribution in [0, 0.1) is 0 Å². The number of carbonyl (C=O) groups is 2. The van der Waals surface area contributed by atoms with Crippen LogP contribution in [0.3, 0.4) is 0 Å². The smallest absolute Gasteiger partial charge is 0.344 e. The number of nitrogens with one attached hydrogen (secondary N) is 2. The number of methoxy groups -OCH3 is 1. The van der Waals surface area contributed by atoms with Crippen molar-refractivity contribution in [1.29, 1.82) is 0 Å². The van der Waals surface area contributed by atoms with Crippen LogP contribution in [0.1, 0.15) is 12.5 Å². The molecule has 2 aromatic carbocycles. The number of nitrogens with zero attached hydrogens (tertiary/aromatic N) is 1. The number of carboxylic acid groups (broad SMARTS) is 1. The van der Waals surface area contributed by atoms with Crippen LogP contribution in [-0.4, -0.2) is 36.5 Å². The summed E-state index contributed by atoms with van der Waals surface area (Å²) in [5, 5.41) is 15.8. The SMILES string of the molecule is COc1cc(/C=N/NC(=O)Nc2cccc(Cl)c2)ccc1O[C@H](C)C(=O)O. The molecule has 0 spiro atoms. The Balaban J connectivity index is 1.97. The van der Waals surface area contributed by atoms with Crippen molar-refractivity contribution in [2.24, 2.45) is 5.10 Å². The van der Waals surface area contributed by atoms with Crippen LogP contribution < -0.4 is 20.2 Å². The molecule has 27 heavy (non-hydrogen) atoms. The van der Waals surface area contributed by atoms with Gasteiger partial charge in [0.05, 0.1) is 13.3 Å². The van der Waals surface area contributed by atoms with E-state index < -0.39 is 18.1 Å². The van der Waals surface area contributed by atoms with Gasteiger partial charge in [-0.3, -0.25) is 0 Å². The van der Waals surface area contributed by atoms with Crippen LogP contribution in [0.2, 0.25) is 5.02 Å². The maximum Gasteiger partial charge on any atom is 0.344 e. The third-order valence-electron chi connectivity index (χ3n) is 3.30. The molecule has 0 unspecified atom stereocenters. The number of carbonyl (C=O) groups excluding carboxylic acids is 1. The van der Waals surface area contributed by atoms with Gasteiger partial charge in [-0.1, -0.05) is 17.7 Å².